The van der Waals surface area contributed by atoms with Crippen LogP contribution in [0, 0.1) is 4.77 Å². The highest BCUT2D eigenvalue weighted by molar-refractivity contribution is 7.80. The van der Waals surface area contributed by atoms with E-state index in [4.69, 9.17) is 30.2 Å². The van der Waals surface area contributed by atoms with E-state index in [9.17, 15) is 4.79 Å². The molecule has 0 spiro atoms. The van der Waals surface area contributed by atoms with E-state index in [0.29, 0.717) is 17.9 Å². The van der Waals surface area contributed by atoms with Crippen LogP contribution in [0.4, 0.5) is 5.82 Å². The third kappa shape index (κ3) is 2.76. The summed E-state index contributed by atoms with van der Waals surface area (Å²) in [5.74, 6) is 0.523. The Morgan fingerprint density at radius 3 is 2.77 bits per heavy atom. The average molecular weight is 332 g/mol. The molecule has 22 heavy (non-hydrogen) atoms. The maximum Gasteiger partial charge on any atom is 0.348 e. The number of H-pyrrole nitrogens is 2. The van der Waals surface area contributed by atoms with Crippen molar-refractivity contribution < 1.29 is 0 Å². The van der Waals surface area contributed by atoms with Crippen LogP contribution in [-0.4, -0.2) is 24.7 Å². The molecular formula is C13H12N6OS2. The number of nitrogens with zero attached hydrogens (tertiary/aromatic N) is 2. The lowest BCUT2D eigenvalue weighted by atomic mass is 10.1. The number of aromatic nitrogens is 4. The molecule has 0 unspecified atom stereocenters. The Morgan fingerprint density at radius 2 is 2.09 bits per heavy atom. The summed E-state index contributed by atoms with van der Waals surface area (Å²) in [7, 11) is 0. The summed E-state index contributed by atoms with van der Waals surface area (Å²) >= 11 is 9.86. The van der Waals surface area contributed by atoms with Crippen LogP contribution in [0.3, 0.4) is 0 Å². The van der Waals surface area contributed by atoms with Gasteiger partial charge in [-0.3, -0.25) is 10.1 Å². The fourth-order valence-electron chi connectivity index (χ4n) is 2.21. The van der Waals surface area contributed by atoms with E-state index >= 15 is 0 Å². The summed E-state index contributed by atoms with van der Waals surface area (Å²) in [6, 6.07) is 9.78. The molecule has 0 radical (unpaired) electrons. The first-order valence-corrected chi connectivity index (χ1v) is 7.20. The van der Waals surface area contributed by atoms with Gasteiger partial charge in [-0.2, -0.15) is 9.50 Å². The number of nitrogens with one attached hydrogen (secondary N) is 3. The highest BCUT2D eigenvalue weighted by Gasteiger charge is 2.15. The number of nitrogens with two attached hydrogens (primary N) is 1. The monoisotopic (exact) mass is 332 g/mol. The van der Waals surface area contributed by atoms with Crippen molar-refractivity contribution in [2.24, 2.45) is 5.73 Å². The molecule has 0 saturated heterocycles. The van der Waals surface area contributed by atoms with Crippen molar-refractivity contribution in [1.29, 1.82) is 0 Å². The minimum atomic E-state index is -0.402. The number of hydrogen-bond acceptors (Lipinski definition) is 4. The molecular weight excluding hydrogens is 320 g/mol. The van der Waals surface area contributed by atoms with Gasteiger partial charge >= 0.3 is 5.69 Å². The molecule has 0 saturated carbocycles. The second-order valence-electron chi connectivity index (χ2n) is 4.62. The van der Waals surface area contributed by atoms with E-state index in [0.717, 1.165) is 11.1 Å². The number of aromatic amines is 2. The molecule has 112 valence electrons. The molecule has 0 bridgehead atoms. The van der Waals surface area contributed by atoms with E-state index in [1.807, 2.05) is 30.3 Å². The lowest BCUT2D eigenvalue weighted by Gasteiger charge is -2.05. The lowest BCUT2D eigenvalue weighted by Crippen LogP contribution is -2.21. The van der Waals surface area contributed by atoms with Crippen molar-refractivity contribution in [3.63, 3.8) is 0 Å². The van der Waals surface area contributed by atoms with Crippen molar-refractivity contribution >= 4 is 41.0 Å². The zero-order valence-electron chi connectivity index (χ0n) is 11.3. The van der Waals surface area contributed by atoms with Gasteiger partial charge in [-0.05, 0) is 30.0 Å². The van der Waals surface area contributed by atoms with Crippen LogP contribution in [0.1, 0.15) is 11.1 Å². The number of rotatable bonds is 3. The number of anilines is 1. The van der Waals surface area contributed by atoms with Gasteiger partial charge in [-0.15, -0.1) is 0 Å². The van der Waals surface area contributed by atoms with E-state index in [1.54, 1.807) is 0 Å². The third-order valence-electron chi connectivity index (χ3n) is 3.10. The standard InChI is InChI=1S/C13H12N6OS2/c14-11(21)15-9-8(6-7-4-2-1-3-5-7)10-16-12(22)17-13(20)19(10)18-9/h1-5,18H,6H2,(H3,14,15,21)(H,17,20,22). The molecule has 0 amide bonds. The first kappa shape index (κ1) is 14.4. The SMILES string of the molecule is NC(=S)Nc1[nH]n2c(=O)[nH]c(=S)nc2c1Cc1ccccc1. The first-order chi connectivity index (χ1) is 10.5. The number of thiocarbonyl (C=S) groups is 1. The molecule has 0 atom stereocenters. The number of benzene rings is 1. The Bertz CT molecular complexity index is 956. The summed E-state index contributed by atoms with van der Waals surface area (Å²) in [5.41, 5.74) is 7.40. The van der Waals surface area contributed by atoms with Crippen molar-refractivity contribution in [3.05, 3.63) is 56.7 Å². The van der Waals surface area contributed by atoms with Crippen LogP contribution >= 0.6 is 24.4 Å². The van der Waals surface area contributed by atoms with Crippen LogP contribution in [0.5, 0.6) is 0 Å². The van der Waals surface area contributed by atoms with Gasteiger partial charge < -0.3 is 11.1 Å². The van der Waals surface area contributed by atoms with Crippen molar-refractivity contribution in [3.8, 4) is 0 Å². The fraction of sp³-hybridized carbons (Fsp3) is 0.0769. The van der Waals surface area contributed by atoms with E-state index in [-0.39, 0.29) is 9.88 Å². The summed E-state index contributed by atoms with van der Waals surface area (Å²) in [4.78, 5) is 18.7. The predicted molar refractivity (Wildman–Crippen MR) is 90.7 cm³/mol. The molecule has 2 aromatic heterocycles. The van der Waals surface area contributed by atoms with Gasteiger partial charge in [0, 0.05) is 12.0 Å². The van der Waals surface area contributed by atoms with Crippen LogP contribution < -0.4 is 16.7 Å². The number of hydrogen-bond donors (Lipinski definition) is 4. The van der Waals surface area contributed by atoms with Gasteiger partial charge in [0.15, 0.2) is 10.8 Å². The second-order valence-corrected chi connectivity index (χ2v) is 5.45. The Kier molecular flexibility index (Phi) is 3.73. The quantitative estimate of drug-likeness (QED) is 0.540. The molecule has 5 N–H and O–H groups in total. The molecule has 7 nitrogen and oxygen atoms in total. The normalized spacial score (nSPS) is 10.7. The van der Waals surface area contributed by atoms with Gasteiger partial charge in [0.2, 0.25) is 4.77 Å². The number of fused-ring (bicyclic) bond motifs is 1. The molecule has 9 heteroatoms. The van der Waals surface area contributed by atoms with Crippen molar-refractivity contribution in [2.75, 3.05) is 5.32 Å². The summed E-state index contributed by atoms with van der Waals surface area (Å²) in [5, 5.41) is 5.83. The maximum atomic E-state index is 12.0. The summed E-state index contributed by atoms with van der Waals surface area (Å²) in [6.45, 7) is 0. The molecule has 2 heterocycles. The second kappa shape index (κ2) is 5.70. The third-order valence-corrected chi connectivity index (χ3v) is 3.40. The molecule has 3 rings (SSSR count). The van der Waals surface area contributed by atoms with Crippen LogP contribution in [-0.2, 0) is 6.42 Å². The molecule has 3 aromatic rings. The van der Waals surface area contributed by atoms with Crippen molar-refractivity contribution in [1.82, 2.24) is 19.6 Å². The van der Waals surface area contributed by atoms with Crippen LogP contribution in [0.25, 0.3) is 5.65 Å². The van der Waals surface area contributed by atoms with E-state index < -0.39 is 5.69 Å². The zero-order chi connectivity index (χ0) is 15.7. The molecule has 0 aliphatic heterocycles. The minimum absolute atomic E-state index is 0.0940. The van der Waals surface area contributed by atoms with Crippen LogP contribution in [0.2, 0.25) is 0 Å². The predicted octanol–water partition coefficient (Wildman–Crippen LogP) is 1.33. The smallest absolute Gasteiger partial charge is 0.348 e. The van der Waals surface area contributed by atoms with E-state index in [2.05, 4.69) is 20.4 Å². The highest BCUT2D eigenvalue weighted by atomic mass is 32.1. The summed E-state index contributed by atoms with van der Waals surface area (Å²) in [6.07, 6.45) is 0.546. The minimum Gasteiger partial charge on any atom is -0.376 e. The summed E-state index contributed by atoms with van der Waals surface area (Å²) < 4.78 is 1.40. The lowest BCUT2D eigenvalue weighted by molar-refractivity contribution is 0.836. The van der Waals surface area contributed by atoms with Gasteiger partial charge in [-0.25, -0.2) is 4.79 Å². The molecule has 0 aliphatic rings. The Balaban J connectivity index is 2.22. The van der Waals surface area contributed by atoms with Gasteiger partial charge in [0.1, 0.15) is 5.82 Å². The highest BCUT2D eigenvalue weighted by Crippen LogP contribution is 2.21. The largest absolute Gasteiger partial charge is 0.376 e. The first-order valence-electron chi connectivity index (χ1n) is 6.39. The zero-order valence-corrected chi connectivity index (χ0v) is 12.9. The topological polar surface area (TPSA) is 104 Å². The Morgan fingerprint density at radius 1 is 1.36 bits per heavy atom. The Hall–Kier alpha value is -2.52. The van der Waals surface area contributed by atoms with Crippen molar-refractivity contribution in [2.45, 2.75) is 6.42 Å². The maximum absolute atomic E-state index is 12.0. The molecule has 0 aliphatic carbocycles. The Labute approximate surface area is 135 Å². The van der Waals surface area contributed by atoms with Crippen LogP contribution in [0.15, 0.2) is 35.1 Å². The fourth-order valence-corrected chi connectivity index (χ4v) is 2.48. The molecule has 1 aromatic carbocycles. The van der Waals surface area contributed by atoms with E-state index in [1.165, 1.54) is 4.52 Å². The average Bonchev–Trinajstić information content (AvgIpc) is 2.78. The molecule has 0 fully saturated rings. The van der Waals surface area contributed by atoms with Gasteiger partial charge in [0.05, 0.1) is 0 Å². The van der Waals surface area contributed by atoms with Gasteiger partial charge in [-0.1, -0.05) is 30.3 Å². The van der Waals surface area contributed by atoms with Gasteiger partial charge in [0.25, 0.3) is 0 Å².